The van der Waals surface area contributed by atoms with Gasteiger partial charge in [-0.1, -0.05) is 30.3 Å². The molecule has 118 valence electrons. The number of nitrogens with one attached hydrogen (secondary N) is 2. The van der Waals surface area contributed by atoms with E-state index in [4.69, 9.17) is 5.73 Å². The van der Waals surface area contributed by atoms with Crippen LogP contribution in [-0.4, -0.2) is 29.8 Å². The van der Waals surface area contributed by atoms with Crippen LogP contribution in [0.15, 0.2) is 30.3 Å². The zero-order valence-electron chi connectivity index (χ0n) is 12.4. The second-order valence-corrected chi connectivity index (χ2v) is 5.50. The highest BCUT2D eigenvalue weighted by atomic mass is 16.2. The highest BCUT2D eigenvalue weighted by Gasteiger charge is 2.29. The standard InChI is InChI=1S/C16H21N3O3/c17-15(21)12(8-4-7-11-5-2-1-3-6-11)19-16(22)13-9-10-14(20)18-13/h1-3,5-6,12-13H,4,7-10H2,(H2,17,21)(H,18,20)(H,19,22)/t12-,13-/m0/s1. The summed E-state index contributed by atoms with van der Waals surface area (Å²) >= 11 is 0. The lowest BCUT2D eigenvalue weighted by molar-refractivity contribution is -0.129. The Morgan fingerprint density at radius 2 is 2.05 bits per heavy atom. The summed E-state index contributed by atoms with van der Waals surface area (Å²) in [5, 5.41) is 5.21. The van der Waals surface area contributed by atoms with Crippen LogP contribution in [-0.2, 0) is 20.8 Å². The van der Waals surface area contributed by atoms with E-state index < -0.39 is 18.0 Å². The van der Waals surface area contributed by atoms with Crippen LogP contribution in [0.3, 0.4) is 0 Å². The number of nitrogens with two attached hydrogens (primary N) is 1. The zero-order chi connectivity index (χ0) is 15.9. The van der Waals surface area contributed by atoms with E-state index in [1.54, 1.807) is 0 Å². The van der Waals surface area contributed by atoms with Gasteiger partial charge in [0.05, 0.1) is 0 Å². The number of hydrogen-bond donors (Lipinski definition) is 3. The third-order valence-corrected chi connectivity index (χ3v) is 3.77. The van der Waals surface area contributed by atoms with Crippen LogP contribution in [0.25, 0.3) is 0 Å². The average molecular weight is 303 g/mol. The molecule has 6 heteroatoms. The van der Waals surface area contributed by atoms with Crippen molar-refractivity contribution in [2.24, 2.45) is 5.73 Å². The molecule has 22 heavy (non-hydrogen) atoms. The minimum atomic E-state index is -0.700. The number of carbonyl (C=O) groups is 3. The van der Waals surface area contributed by atoms with Crippen molar-refractivity contribution in [3.05, 3.63) is 35.9 Å². The van der Waals surface area contributed by atoms with Gasteiger partial charge in [0.2, 0.25) is 17.7 Å². The number of benzene rings is 1. The van der Waals surface area contributed by atoms with Gasteiger partial charge in [0.15, 0.2) is 0 Å². The molecule has 1 saturated heterocycles. The van der Waals surface area contributed by atoms with E-state index >= 15 is 0 Å². The molecule has 0 bridgehead atoms. The Labute approximate surface area is 129 Å². The van der Waals surface area contributed by atoms with E-state index in [0.717, 1.165) is 12.8 Å². The second kappa shape index (κ2) is 7.59. The summed E-state index contributed by atoms with van der Waals surface area (Å²) < 4.78 is 0. The monoisotopic (exact) mass is 303 g/mol. The molecule has 0 radical (unpaired) electrons. The Kier molecular flexibility index (Phi) is 5.52. The Morgan fingerprint density at radius 1 is 1.32 bits per heavy atom. The molecule has 1 fully saturated rings. The van der Waals surface area contributed by atoms with Crippen molar-refractivity contribution in [2.75, 3.05) is 0 Å². The summed E-state index contributed by atoms with van der Waals surface area (Å²) in [6.45, 7) is 0. The molecule has 0 aliphatic carbocycles. The van der Waals surface area contributed by atoms with Crippen LogP contribution in [0.5, 0.6) is 0 Å². The molecule has 1 aliphatic heterocycles. The zero-order valence-corrected chi connectivity index (χ0v) is 12.4. The second-order valence-electron chi connectivity index (χ2n) is 5.50. The van der Waals surface area contributed by atoms with Crippen LogP contribution in [0.4, 0.5) is 0 Å². The van der Waals surface area contributed by atoms with Crippen LogP contribution < -0.4 is 16.4 Å². The normalized spacial score (nSPS) is 18.5. The molecule has 0 unspecified atom stereocenters. The SMILES string of the molecule is NC(=O)[C@H](CCCc1ccccc1)NC(=O)[C@@H]1CCC(=O)N1. The third-order valence-electron chi connectivity index (χ3n) is 3.77. The Balaban J connectivity index is 1.81. The number of amides is 3. The maximum absolute atomic E-state index is 12.0. The molecule has 2 atom stereocenters. The van der Waals surface area contributed by atoms with E-state index in [1.165, 1.54) is 5.56 Å². The first-order valence-electron chi connectivity index (χ1n) is 7.49. The molecular formula is C16H21N3O3. The molecule has 4 N–H and O–H groups in total. The van der Waals surface area contributed by atoms with Crippen LogP contribution in [0, 0.1) is 0 Å². The van der Waals surface area contributed by atoms with E-state index in [2.05, 4.69) is 10.6 Å². The first-order valence-corrected chi connectivity index (χ1v) is 7.49. The lowest BCUT2D eigenvalue weighted by Gasteiger charge is -2.18. The Morgan fingerprint density at radius 3 is 2.64 bits per heavy atom. The van der Waals surface area contributed by atoms with Gasteiger partial charge in [-0.25, -0.2) is 0 Å². The Bertz CT molecular complexity index is 545. The average Bonchev–Trinajstić information content (AvgIpc) is 2.93. The summed E-state index contributed by atoms with van der Waals surface area (Å²) in [5.74, 6) is -1.03. The van der Waals surface area contributed by atoms with Gasteiger partial charge in [0, 0.05) is 6.42 Å². The smallest absolute Gasteiger partial charge is 0.243 e. The largest absolute Gasteiger partial charge is 0.368 e. The predicted octanol–water partition coefficient (Wildman–Crippen LogP) is 0.258. The molecule has 6 nitrogen and oxygen atoms in total. The lowest BCUT2D eigenvalue weighted by atomic mass is 10.0. The quantitative estimate of drug-likeness (QED) is 0.673. The van der Waals surface area contributed by atoms with Crippen LogP contribution in [0.2, 0.25) is 0 Å². The van der Waals surface area contributed by atoms with Gasteiger partial charge in [-0.2, -0.15) is 0 Å². The van der Waals surface area contributed by atoms with Crippen molar-refractivity contribution in [2.45, 2.75) is 44.2 Å². The van der Waals surface area contributed by atoms with Gasteiger partial charge in [-0.3, -0.25) is 14.4 Å². The highest BCUT2D eigenvalue weighted by molar-refractivity contribution is 5.93. The summed E-state index contributed by atoms with van der Waals surface area (Å²) in [6, 6.07) is 8.66. The molecule has 1 aromatic rings. The van der Waals surface area contributed by atoms with Crippen LogP contribution in [0.1, 0.15) is 31.2 Å². The summed E-state index contributed by atoms with van der Waals surface area (Å²) in [6.07, 6.45) is 2.85. The fourth-order valence-corrected chi connectivity index (χ4v) is 2.52. The first-order chi connectivity index (χ1) is 10.6. The number of rotatable bonds is 7. The molecular weight excluding hydrogens is 282 g/mol. The van der Waals surface area contributed by atoms with Crippen molar-refractivity contribution < 1.29 is 14.4 Å². The number of carbonyl (C=O) groups excluding carboxylic acids is 3. The summed E-state index contributed by atoms with van der Waals surface area (Å²) in [7, 11) is 0. The lowest BCUT2D eigenvalue weighted by Crippen LogP contribution is -2.50. The maximum Gasteiger partial charge on any atom is 0.243 e. The minimum Gasteiger partial charge on any atom is -0.368 e. The minimum absolute atomic E-state index is 0.139. The third kappa shape index (κ3) is 4.58. The molecule has 3 amide bonds. The number of primary amides is 1. The van der Waals surface area contributed by atoms with Crippen molar-refractivity contribution in [1.29, 1.82) is 0 Å². The molecule has 2 rings (SSSR count). The van der Waals surface area contributed by atoms with E-state index in [0.29, 0.717) is 19.3 Å². The van der Waals surface area contributed by atoms with Gasteiger partial charge in [0.25, 0.3) is 0 Å². The van der Waals surface area contributed by atoms with Crippen LogP contribution >= 0.6 is 0 Å². The summed E-state index contributed by atoms with van der Waals surface area (Å²) in [4.78, 5) is 34.6. The fraction of sp³-hybridized carbons (Fsp3) is 0.438. The van der Waals surface area contributed by atoms with Crippen molar-refractivity contribution in [3.63, 3.8) is 0 Å². The van der Waals surface area contributed by atoms with Gasteiger partial charge in [-0.15, -0.1) is 0 Å². The summed E-state index contributed by atoms with van der Waals surface area (Å²) in [5.41, 5.74) is 6.53. The van der Waals surface area contributed by atoms with Gasteiger partial charge in [-0.05, 0) is 31.2 Å². The van der Waals surface area contributed by atoms with Crippen molar-refractivity contribution >= 4 is 17.7 Å². The van der Waals surface area contributed by atoms with Gasteiger partial charge in [0.1, 0.15) is 12.1 Å². The molecule has 0 saturated carbocycles. The predicted molar refractivity (Wildman–Crippen MR) is 81.7 cm³/mol. The topological polar surface area (TPSA) is 101 Å². The molecule has 0 aromatic heterocycles. The van der Waals surface area contributed by atoms with E-state index in [9.17, 15) is 14.4 Å². The molecule has 1 aliphatic rings. The number of hydrogen-bond acceptors (Lipinski definition) is 3. The van der Waals surface area contributed by atoms with E-state index in [-0.39, 0.29) is 11.8 Å². The Hall–Kier alpha value is -2.37. The highest BCUT2D eigenvalue weighted by Crippen LogP contribution is 2.09. The first kappa shape index (κ1) is 16.0. The van der Waals surface area contributed by atoms with Gasteiger partial charge < -0.3 is 16.4 Å². The molecule has 1 aromatic carbocycles. The molecule has 1 heterocycles. The number of aryl methyl sites for hydroxylation is 1. The maximum atomic E-state index is 12.0. The van der Waals surface area contributed by atoms with Crippen molar-refractivity contribution in [3.8, 4) is 0 Å². The fourth-order valence-electron chi connectivity index (χ4n) is 2.52. The van der Waals surface area contributed by atoms with Gasteiger partial charge >= 0.3 is 0 Å². The van der Waals surface area contributed by atoms with Crippen molar-refractivity contribution in [1.82, 2.24) is 10.6 Å². The van der Waals surface area contributed by atoms with E-state index in [1.807, 2.05) is 30.3 Å². The molecule has 0 spiro atoms.